The highest BCUT2D eigenvalue weighted by Crippen LogP contribution is 1.50. The lowest BCUT2D eigenvalue weighted by Crippen LogP contribution is -2.10. The molecule has 0 bridgehead atoms. The van der Waals surface area contributed by atoms with Crippen molar-refractivity contribution < 1.29 is 4.74 Å². The van der Waals surface area contributed by atoms with Crippen LogP contribution in [0.2, 0.25) is 0 Å². The van der Waals surface area contributed by atoms with Crippen LogP contribution < -0.4 is 5.73 Å². The van der Waals surface area contributed by atoms with E-state index in [1.54, 1.807) is 0 Å². The van der Waals surface area contributed by atoms with E-state index in [2.05, 4.69) is 10.5 Å². The van der Waals surface area contributed by atoms with Crippen LogP contribution in [0.15, 0.2) is 0 Å². The lowest BCUT2D eigenvalue weighted by molar-refractivity contribution is 0.393. The molecule has 5 heavy (non-hydrogen) atoms. The Bertz CT molecular complexity index is 42.9. The predicted octanol–water partition coefficient (Wildman–Crippen LogP) is -0.474. The van der Waals surface area contributed by atoms with E-state index in [0.29, 0.717) is 0 Å². The molecular formula is C2H6N2O. The van der Waals surface area contributed by atoms with E-state index in [0.717, 1.165) is 0 Å². The van der Waals surface area contributed by atoms with Gasteiger partial charge >= 0.3 is 0 Å². The molecule has 3 nitrogen and oxygen atoms in total. The molecule has 0 radical (unpaired) electrons. The molecule has 30 valence electrons. The van der Waals surface area contributed by atoms with Crippen LogP contribution in [0.25, 0.3) is 0 Å². The van der Waals surface area contributed by atoms with Crippen molar-refractivity contribution >= 4 is 6.02 Å². The van der Waals surface area contributed by atoms with Gasteiger partial charge < -0.3 is 10.5 Å². The van der Waals surface area contributed by atoms with Crippen LogP contribution in [0.5, 0.6) is 0 Å². The summed E-state index contributed by atoms with van der Waals surface area (Å²) in [5, 5.41) is 6.30. The van der Waals surface area contributed by atoms with E-state index >= 15 is 0 Å². The maximum Gasteiger partial charge on any atom is 0.278 e. The monoisotopic (exact) mass is 74.0 g/mol. The Labute approximate surface area is 30.2 Å². The summed E-state index contributed by atoms with van der Waals surface area (Å²) in [4.78, 5) is 0. The Morgan fingerprint density at radius 1 is 2.00 bits per heavy atom. The number of hydrogen-bond acceptors (Lipinski definition) is 2. The van der Waals surface area contributed by atoms with Crippen LogP contribution in [0.3, 0.4) is 0 Å². The zero-order valence-electron chi connectivity index (χ0n) is 2.99. The Balaban J connectivity index is 2.85. The highest BCUT2D eigenvalue weighted by molar-refractivity contribution is 5.67. The lowest BCUT2D eigenvalue weighted by atomic mass is 11.2. The van der Waals surface area contributed by atoms with E-state index in [-0.39, 0.29) is 6.02 Å². The Morgan fingerprint density at radius 2 is 2.20 bits per heavy atom. The van der Waals surface area contributed by atoms with Gasteiger partial charge in [-0.25, -0.2) is 0 Å². The molecule has 0 aliphatic heterocycles. The van der Waals surface area contributed by atoms with Gasteiger partial charge in [-0.2, -0.15) is 0 Å². The van der Waals surface area contributed by atoms with Gasteiger partial charge in [0.15, 0.2) is 0 Å². The van der Waals surface area contributed by atoms with E-state index < -0.39 is 0 Å². The van der Waals surface area contributed by atoms with E-state index in [4.69, 9.17) is 5.41 Å². The van der Waals surface area contributed by atoms with Gasteiger partial charge in [0.2, 0.25) is 0 Å². The quantitative estimate of drug-likeness (QED) is 0.301. The molecule has 0 aromatic rings. The van der Waals surface area contributed by atoms with E-state index in [9.17, 15) is 0 Å². The number of rotatable bonds is 0. The van der Waals surface area contributed by atoms with Crippen molar-refractivity contribution in [2.24, 2.45) is 5.73 Å². The van der Waals surface area contributed by atoms with Gasteiger partial charge in [0.05, 0.1) is 7.11 Å². The second-order valence-electron chi connectivity index (χ2n) is 0.568. The van der Waals surface area contributed by atoms with Crippen molar-refractivity contribution in [2.45, 2.75) is 0 Å². The third kappa shape index (κ3) is 3.27. The van der Waals surface area contributed by atoms with E-state index in [1.165, 1.54) is 7.11 Å². The maximum atomic E-state index is 6.30. The molecule has 3 heteroatoms. The molecule has 0 rings (SSSR count). The van der Waals surface area contributed by atoms with Crippen LogP contribution >= 0.6 is 0 Å². The summed E-state index contributed by atoms with van der Waals surface area (Å²) >= 11 is 0. The largest absolute Gasteiger partial charge is 0.469 e. The Kier molecular flexibility index (Phi) is 1.35. The number of hydrogen-bond donors (Lipinski definition) is 2. The highest BCUT2D eigenvalue weighted by atomic mass is 16.5. The predicted molar refractivity (Wildman–Crippen MR) is 18.9 cm³/mol. The molecule has 0 heterocycles. The molecule has 0 unspecified atom stereocenters. The molecule has 0 aromatic carbocycles. The van der Waals surface area contributed by atoms with Crippen LogP contribution in [0.4, 0.5) is 0 Å². The van der Waals surface area contributed by atoms with Crippen molar-refractivity contribution in [3.8, 4) is 0 Å². The highest BCUT2D eigenvalue weighted by Gasteiger charge is 1.68. The summed E-state index contributed by atoms with van der Waals surface area (Å²) in [7, 11) is 1.35. The number of nitrogens with one attached hydrogen (secondary N) is 1. The molecule has 0 fully saturated rings. The number of nitrogens with two attached hydrogens (primary N) is 1. The molecule has 0 saturated heterocycles. The summed E-state index contributed by atoms with van der Waals surface area (Å²) in [6.45, 7) is 0. The fourth-order valence-corrected chi connectivity index (χ4v) is 0. The summed E-state index contributed by atoms with van der Waals surface area (Å²) < 4.78 is 4.11. The first-order valence-corrected chi connectivity index (χ1v) is 1.15. The van der Waals surface area contributed by atoms with Gasteiger partial charge in [0.25, 0.3) is 6.02 Å². The fourth-order valence-electron chi connectivity index (χ4n) is 0. The van der Waals surface area contributed by atoms with Gasteiger partial charge in [-0.1, -0.05) is 0 Å². The third-order valence-corrected chi connectivity index (χ3v) is 0.220. The average molecular weight is 74.1 g/mol. The first-order valence-electron chi connectivity index (χ1n) is 1.15. The van der Waals surface area contributed by atoms with Crippen LogP contribution in [-0.2, 0) is 4.74 Å². The standard InChI is InChI=1S/C2H6N2O/c1-5-2(3)4/h1H3,(H3,3,4)/i2+0,3+0,4+0. The molecule has 0 atom stereocenters. The fraction of sp³-hybridized carbons (Fsp3) is 0.500. The normalized spacial score (nSPS) is 6.60. The SMILES string of the molecule is CO[12C](=[14NH])[14NH2]. The third-order valence-electron chi connectivity index (χ3n) is 0.220. The Morgan fingerprint density at radius 3 is 2.20 bits per heavy atom. The minimum Gasteiger partial charge on any atom is -0.469 e. The molecular weight excluding hydrogens is 68.0 g/mol. The smallest absolute Gasteiger partial charge is 0.278 e. The molecule has 0 aliphatic carbocycles. The van der Waals surface area contributed by atoms with Crippen molar-refractivity contribution in [1.29, 1.82) is 5.41 Å². The van der Waals surface area contributed by atoms with Gasteiger partial charge in [-0.15, -0.1) is 0 Å². The zero-order valence-corrected chi connectivity index (χ0v) is 2.99. The lowest BCUT2D eigenvalue weighted by Gasteiger charge is -1.85. The zero-order chi connectivity index (χ0) is 4.28. The van der Waals surface area contributed by atoms with Gasteiger partial charge in [0.1, 0.15) is 0 Å². The first kappa shape index (κ1) is 4.27. The molecule has 3 N–H and O–H groups in total. The van der Waals surface area contributed by atoms with Crippen molar-refractivity contribution in [2.75, 3.05) is 7.11 Å². The van der Waals surface area contributed by atoms with Gasteiger partial charge in [0, 0.05) is 0 Å². The minimum absolute atomic E-state index is 0.245. The Hall–Kier alpha value is -0.730. The average Bonchev–Trinajstić information content (AvgIpc) is 1.38. The van der Waals surface area contributed by atoms with Gasteiger partial charge in [-0.05, 0) is 0 Å². The van der Waals surface area contributed by atoms with Crippen LogP contribution in [-0.4, -0.2) is 13.1 Å². The second-order valence-corrected chi connectivity index (χ2v) is 0.568. The second kappa shape index (κ2) is 1.58. The summed E-state index contributed by atoms with van der Waals surface area (Å²) in [5.74, 6) is 0. The molecule has 0 aliphatic rings. The van der Waals surface area contributed by atoms with Crippen molar-refractivity contribution in [1.82, 2.24) is 0 Å². The number of methoxy groups -OCH3 is 1. The van der Waals surface area contributed by atoms with Crippen LogP contribution in [0.1, 0.15) is 0 Å². The minimum atomic E-state index is -0.245. The molecule has 0 spiro atoms. The topological polar surface area (TPSA) is 59.1 Å². The summed E-state index contributed by atoms with van der Waals surface area (Å²) in [5.41, 5.74) is 4.65. The van der Waals surface area contributed by atoms with Gasteiger partial charge in [-0.3, -0.25) is 5.41 Å². The number of ether oxygens (including phenoxy) is 1. The van der Waals surface area contributed by atoms with Crippen LogP contribution in [0, 0.1) is 5.41 Å². The van der Waals surface area contributed by atoms with Crippen molar-refractivity contribution in [3.05, 3.63) is 0 Å². The molecule has 0 saturated carbocycles. The maximum absolute atomic E-state index is 6.30. The summed E-state index contributed by atoms with van der Waals surface area (Å²) in [6, 6.07) is -0.245. The first-order chi connectivity index (χ1) is 2.27. The number of amidine groups is 1. The molecule has 0 amide bonds. The summed E-state index contributed by atoms with van der Waals surface area (Å²) in [6.07, 6.45) is 0. The van der Waals surface area contributed by atoms with E-state index in [1.807, 2.05) is 0 Å². The van der Waals surface area contributed by atoms with Crippen molar-refractivity contribution in [3.63, 3.8) is 0 Å². The molecule has 0 aromatic heterocycles.